The zero-order valence-corrected chi connectivity index (χ0v) is 12.7. The SMILES string of the molecule is COc1cc(Br)c(CC2(N)CC2)cc1OC(C)C. The van der Waals surface area contributed by atoms with Gasteiger partial charge in [-0.05, 0) is 50.8 Å². The maximum atomic E-state index is 6.18. The number of benzene rings is 1. The lowest BCUT2D eigenvalue weighted by Crippen LogP contribution is -2.24. The molecule has 18 heavy (non-hydrogen) atoms. The number of hydrogen-bond acceptors (Lipinski definition) is 3. The van der Waals surface area contributed by atoms with Crippen molar-refractivity contribution in [3.05, 3.63) is 22.2 Å². The third-order valence-electron chi connectivity index (χ3n) is 3.13. The predicted molar refractivity (Wildman–Crippen MR) is 76.3 cm³/mol. The second-order valence-corrected chi connectivity index (χ2v) is 6.15. The largest absolute Gasteiger partial charge is 0.493 e. The van der Waals surface area contributed by atoms with E-state index in [2.05, 4.69) is 15.9 Å². The monoisotopic (exact) mass is 313 g/mol. The summed E-state index contributed by atoms with van der Waals surface area (Å²) in [5, 5.41) is 0. The van der Waals surface area contributed by atoms with E-state index >= 15 is 0 Å². The van der Waals surface area contributed by atoms with Crippen LogP contribution in [0.4, 0.5) is 0 Å². The van der Waals surface area contributed by atoms with Crippen molar-refractivity contribution < 1.29 is 9.47 Å². The number of rotatable bonds is 5. The van der Waals surface area contributed by atoms with Crippen molar-refractivity contribution in [2.75, 3.05) is 7.11 Å². The molecule has 0 heterocycles. The second kappa shape index (κ2) is 5.10. The van der Waals surface area contributed by atoms with Crippen LogP contribution in [0.5, 0.6) is 11.5 Å². The van der Waals surface area contributed by atoms with Gasteiger partial charge in [-0.15, -0.1) is 0 Å². The van der Waals surface area contributed by atoms with E-state index in [0.717, 1.165) is 35.2 Å². The van der Waals surface area contributed by atoms with Crippen LogP contribution in [0.25, 0.3) is 0 Å². The molecule has 1 fully saturated rings. The molecule has 1 aliphatic rings. The van der Waals surface area contributed by atoms with Crippen molar-refractivity contribution in [1.82, 2.24) is 0 Å². The molecule has 1 aromatic carbocycles. The van der Waals surface area contributed by atoms with Gasteiger partial charge in [-0.2, -0.15) is 0 Å². The van der Waals surface area contributed by atoms with Gasteiger partial charge in [0.1, 0.15) is 0 Å². The highest BCUT2D eigenvalue weighted by atomic mass is 79.9. The standard InChI is InChI=1S/C14H20BrNO2/c1-9(2)18-13-6-10(8-14(16)4-5-14)11(15)7-12(13)17-3/h6-7,9H,4-5,8,16H2,1-3H3. The van der Waals surface area contributed by atoms with Crippen molar-refractivity contribution in [1.29, 1.82) is 0 Å². The average Bonchev–Trinajstić information content (AvgIpc) is 3.00. The van der Waals surface area contributed by atoms with E-state index in [1.54, 1.807) is 7.11 Å². The van der Waals surface area contributed by atoms with Gasteiger partial charge in [-0.3, -0.25) is 0 Å². The Kier molecular flexibility index (Phi) is 3.87. The molecular weight excluding hydrogens is 294 g/mol. The highest BCUT2D eigenvalue weighted by Crippen LogP contribution is 2.40. The van der Waals surface area contributed by atoms with Gasteiger partial charge in [0.2, 0.25) is 0 Å². The van der Waals surface area contributed by atoms with Gasteiger partial charge in [0.25, 0.3) is 0 Å². The molecule has 2 N–H and O–H groups in total. The Bertz CT molecular complexity index is 442. The molecule has 0 unspecified atom stereocenters. The molecular formula is C14H20BrNO2. The first-order chi connectivity index (χ1) is 8.43. The second-order valence-electron chi connectivity index (χ2n) is 5.30. The van der Waals surface area contributed by atoms with Crippen LogP contribution in [0.15, 0.2) is 16.6 Å². The van der Waals surface area contributed by atoms with Crippen LogP contribution < -0.4 is 15.2 Å². The van der Waals surface area contributed by atoms with E-state index in [1.165, 1.54) is 5.56 Å². The molecule has 0 spiro atoms. The molecule has 2 rings (SSSR count). The summed E-state index contributed by atoms with van der Waals surface area (Å²) in [5.41, 5.74) is 7.36. The van der Waals surface area contributed by atoms with Gasteiger partial charge in [0.15, 0.2) is 11.5 Å². The molecule has 3 nitrogen and oxygen atoms in total. The van der Waals surface area contributed by atoms with Crippen LogP contribution in [0.3, 0.4) is 0 Å². The molecule has 0 amide bonds. The molecule has 0 bridgehead atoms. The van der Waals surface area contributed by atoms with Crippen LogP contribution in [-0.4, -0.2) is 18.8 Å². The van der Waals surface area contributed by atoms with Crippen LogP contribution in [0.1, 0.15) is 32.3 Å². The van der Waals surface area contributed by atoms with Crippen molar-refractivity contribution >= 4 is 15.9 Å². The molecule has 1 aliphatic carbocycles. The molecule has 1 aromatic rings. The minimum atomic E-state index is -0.00773. The molecule has 0 atom stereocenters. The first-order valence-electron chi connectivity index (χ1n) is 6.25. The van der Waals surface area contributed by atoms with Crippen LogP contribution in [0.2, 0.25) is 0 Å². The van der Waals surface area contributed by atoms with E-state index in [-0.39, 0.29) is 11.6 Å². The maximum absolute atomic E-state index is 6.18. The van der Waals surface area contributed by atoms with Gasteiger partial charge in [-0.25, -0.2) is 0 Å². The summed E-state index contributed by atoms with van der Waals surface area (Å²) in [6, 6.07) is 3.99. The first kappa shape index (κ1) is 13.7. The highest BCUT2D eigenvalue weighted by molar-refractivity contribution is 9.10. The summed E-state index contributed by atoms with van der Waals surface area (Å²) in [4.78, 5) is 0. The van der Waals surface area contributed by atoms with Gasteiger partial charge in [-0.1, -0.05) is 15.9 Å². The normalized spacial score (nSPS) is 16.8. The zero-order valence-electron chi connectivity index (χ0n) is 11.1. The third kappa shape index (κ3) is 3.18. The maximum Gasteiger partial charge on any atom is 0.161 e. The van der Waals surface area contributed by atoms with Gasteiger partial charge in [0.05, 0.1) is 13.2 Å². The van der Waals surface area contributed by atoms with Crippen LogP contribution in [-0.2, 0) is 6.42 Å². The number of halogens is 1. The molecule has 0 saturated heterocycles. The topological polar surface area (TPSA) is 44.5 Å². The van der Waals surface area contributed by atoms with Crippen molar-refractivity contribution in [2.45, 2.75) is 44.8 Å². The summed E-state index contributed by atoms with van der Waals surface area (Å²) < 4.78 is 12.2. The van der Waals surface area contributed by atoms with Crippen LogP contribution in [0, 0.1) is 0 Å². The Morgan fingerprint density at radius 1 is 1.33 bits per heavy atom. The third-order valence-corrected chi connectivity index (χ3v) is 3.87. The van der Waals surface area contributed by atoms with E-state index in [4.69, 9.17) is 15.2 Å². The summed E-state index contributed by atoms with van der Waals surface area (Å²) in [6.45, 7) is 4.01. The fraction of sp³-hybridized carbons (Fsp3) is 0.571. The Balaban J connectivity index is 2.29. The highest BCUT2D eigenvalue weighted by Gasteiger charge is 2.38. The first-order valence-corrected chi connectivity index (χ1v) is 7.05. The average molecular weight is 314 g/mol. The van der Waals surface area contributed by atoms with E-state index < -0.39 is 0 Å². The lowest BCUT2D eigenvalue weighted by Gasteiger charge is -2.17. The van der Waals surface area contributed by atoms with Gasteiger partial charge >= 0.3 is 0 Å². The van der Waals surface area contributed by atoms with Crippen molar-refractivity contribution in [3.8, 4) is 11.5 Å². The van der Waals surface area contributed by atoms with E-state index in [1.807, 2.05) is 26.0 Å². The lowest BCUT2D eigenvalue weighted by atomic mass is 10.0. The van der Waals surface area contributed by atoms with Gasteiger partial charge in [0, 0.05) is 10.0 Å². The number of hydrogen-bond donors (Lipinski definition) is 1. The molecule has 0 aromatic heterocycles. The molecule has 100 valence electrons. The molecule has 4 heteroatoms. The van der Waals surface area contributed by atoms with Crippen LogP contribution >= 0.6 is 15.9 Å². The molecule has 1 saturated carbocycles. The Hall–Kier alpha value is -0.740. The zero-order chi connectivity index (χ0) is 13.3. The van der Waals surface area contributed by atoms with E-state index in [0.29, 0.717) is 0 Å². The minimum absolute atomic E-state index is 0.00773. The summed E-state index contributed by atoms with van der Waals surface area (Å²) in [6.07, 6.45) is 3.21. The van der Waals surface area contributed by atoms with E-state index in [9.17, 15) is 0 Å². The fourth-order valence-electron chi connectivity index (χ4n) is 1.93. The fourth-order valence-corrected chi connectivity index (χ4v) is 2.40. The number of nitrogens with two attached hydrogens (primary N) is 1. The molecule has 0 aliphatic heterocycles. The summed E-state index contributed by atoms with van der Waals surface area (Å²) >= 11 is 3.58. The van der Waals surface area contributed by atoms with Crippen molar-refractivity contribution in [2.24, 2.45) is 5.73 Å². The minimum Gasteiger partial charge on any atom is -0.493 e. The number of ether oxygens (including phenoxy) is 2. The van der Waals surface area contributed by atoms with Gasteiger partial charge < -0.3 is 15.2 Å². The number of methoxy groups -OCH3 is 1. The molecule has 0 radical (unpaired) electrons. The smallest absolute Gasteiger partial charge is 0.161 e. The Labute approximate surface area is 117 Å². The Morgan fingerprint density at radius 3 is 2.50 bits per heavy atom. The lowest BCUT2D eigenvalue weighted by molar-refractivity contribution is 0.230. The Morgan fingerprint density at radius 2 is 2.00 bits per heavy atom. The summed E-state index contributed by atoms with van der Waals surface area (Å²) in [7, 11) is 1.65. The quantitative estimate of drug-likeness (QED) is 0.907. The van der Waals surface area contributed by atoms with Crippen molar-refractivity contribution in [3.63, 3.8) is 0 Å². The predicted octanol–water partition coefficient (Wildman–Crippen LogP) is 3.28. The summed E-state index contributed by atoms with van der Waals surface area (Å²) in [5.74, 6) is 1.54.